The first-order valence-corrected chi connectivity index (χ1v) is 16.8. The van der Waals surface area contributed by atoms with Crippen molar-refractivity contribution in [1.29, 1.82) is 0 Å². The van der Waals surface area contributed by atoms with E-state index in [1.807, 2.05) is 52.8 Å². The van der Waals surface area contributed by atoms with Crippen molar-refractivity contribution in [1.82, 2.24) is 4.90 Å². The molecule has 0 N–H and O–H groups in total. The van der Waals surface area contributed by atoms with Crippen LogP contribution in [0.2, 0.25) is 0 Å². The Morgan fingerprint density at radius 1 is 0.933 bits per heavy atom. The molecule has 2 aliphatic heterocycles. The number of ether oxygens (including phenoxy) is 3. The van der Waals surface area contributed by atoms with Crippen molar-refractivity contribution >= 4 is 23.6 Å². The number of Topliss-reactive ketones (excluding diaryl/α,β-unsaturated/α-hetero) is 2. The molecule has 9 atom stereocenters. The monoisotopic (exact) mass is 627 g/mol. The molecule has 0 saturated carbocycles. The number of methoxy groups -OCH3 is 1. The molecule has 0 aromatic heterocycles. The lowest BCUT2D eigenvalue weighted by Crippen LogP contribution is -2.58. The lowest BCUT2D eigenvalue weighted by Gasteiger charge is -2.48. The summed E-state index contributed by atoms with van der Waals surface area (Å²) in [7, 11) is 1.63. The van der Waals surface area contributed by atoms with Crippen LogP contribution >= 0.6 is 0 Å². The van der Waals surface area contributed by atoms with E-state index in [-0.39, 0.29) is 22.9 Å². The van der Waals surface area contributed by atoms with E-state index in [1.165, 1.54) is 5.56 Å². The summed E-state index contributed by atoms with van der Waals surface area (Å²) < 4.78 is 18.4. The fraction of sp³-hybridized carbons (Fsp3) is 0.730. The first-order chi connectivity index (χ1) is 20.9. The zero-order valence-electron chi connectivity index (χ0n) is 29.5. The molecule has 0 spiro atoms. The van der Waals surface area contributed by atoms with Gasteiger partial charge in [0, 0.05) is 37.3 Å². The number of aryl methyl sites for hydroxylation is 1. The summed E-state index contributed by atoms with van der Waals surface area (Å²) in [4.78, 5) is 57.2. The Bertz CT molecular complexity index is 1210. The molecule has 0 bridgehead atoms. The predicted octanol–water partition coefficient (Wildman–Crippen LogP) is 7.06. The maximum absolute atomic E-state index is 14.4. The van der Waals surface area contributed by atoms with Gasteiger partial charge in [-0.05, 0) is 63.9 Å². The molecule has 45 heavy (non-hydrogen) atoms. The number of benzene rings is 1. The maximum atomic E-state index is 14.4. The van der Waals surface area contributed by atoms with E-state index in [0.29, 0.717) is 19.4 Å². The number of hydrogen-bond acceptors (Lipinski definition) is 7. The third-order valence-electron chi connectivity index (χ3n) is 10.6. The summed E-state index contributed by atoms with van der Waals surface area (Å²) in [6, 6.07) is 9.54. The molecule has 2 saturated heterocycles. The molecule has 8 nitrogen and oxygen atoms in total. The molecule has 8 heteroatoms. The first kappa shape index (κ1) is 36.7. The fourth-order valence-electron chi connectivity index (χ4n) is 8.61. The molecular weight excluding hydrogens is 570 g/mol. The standard InChI is InChI=1S/C37H57NO7/c1-12-28-37(10)32(38(34(42)45-37)21-17-16-20-27-18-14-13-15-19-27)25(4)29(39)23(2)22-36(9,43-11)31(35(6,7)8)24(3)30(40)26(5)33(41)44-28/h13-15,18-19,23-26,28,31-32H,12,16-17,20-22H2,1-11H3/t23-,24+,25+,26-,28-,31+,32-,36-,37-/m1/s1. The second kappa shape index (κ2) is 14.4. The third-order valence-corrected chi connectivity index (χ3v) is 10.6. The van der Waals surface area contributed by atoms with Crippen LogP contribution in [0.5, 0.6) is 0 Å². The van der Waals surface area contributed by atoms with Crippen LogP contribution in [-0.2, 0) is 35.0 Å². The highest BCUT2D eigenvalue weighted by molar-refractivity contribution is 6.00. The molecule has 1 aromatic carbocycles. The summed E-state index contributed by atoms with van der Waals surface area (Å²) in [6.45, 7) is 19.4. The van der Waals surface area contributed by atoms with Crippen molar-refractivity contribution in [3.63, 3.8) is 0 Å². The Morgan fingerprint density at radius 3 is 2.11 bits per heavy atom. The molecule has 2 aliphatic rings. The lowest BCUT2D eigenvalue weighted by atomic mass is 9.61. The van der Waals surface area contributed by atoms with Gasteiger partial charge < -0.3 is 19.1 Å². The Balaban J connectivity index is 2.05. The number of fused-ring (bicyclic) bond motifs is 1. The molecule has 0 unspecified atom stereocenters. The van der Waals surface area contributed by atoms with Crippen LogP contribution in [0, 0.1) is 35.0 Å². The van der Waals surface area contributed by atoms with Gasteiger partial charge in [0.2, 0.25) is 0 Å². The average molecular weight is 628 g/mol. The van der Waals surface area contributed by atoms with Gasteiger partial charge in [-0.2, -0.15) is 0 Å². The number of carbonyl (C=O) groups excluding carboxylic acids is 4. The van der Waals surface area contributed by atoms with Crippen molar-refractivity contribution in [3.8, 4) is 0 Å². The largest absolute Gasteiger partial charge is 0.458 e. The Morgan fingerprint density at radius 2 is 1.56 bits per heavy atom. The molecule has 2 heterocycles. The van der Waals surface area contributed by atoms with E-state index in [0.717, 1.165) is 19.3 Å². The van der Waals surface area contributed by atoms with Crippen LogP contribution in [-0.4, -0.2) is 65.5 Å². The van der Waals surface area contributed by atoms with Gasteiger partial charge >= 0.3 is 12.1 Å². The van der Waals surface area contributed by atoms with Crippen molar-refractivity contribution in [2.24, 2.45) is 35.0 Å². The number of ketones is 2. The van der Waals surface area contributed by atoms with Gasteiger partial charge in [-0.1, -0.05) is 78.8 Å². The van der Waals surface area contributed by atoms with E-state index < -0.39 is 59.1 Å². The fourth-order valence-corrected chi connectivity index (χ4v) is 8.61. The summed E-state index contributed by atoms with van der Waals surface area (Å²) in [6.07, 6.45) is 1.85. The van der Waals surface area contributed by atoms with Crippen molar-refractivity contribution in [2.75, 3.05) is 13.7 Å². The minimum atomic E-state index is -1.28. The number of nitrogens with zero attached hydrogens (tertiary/aromatic N) is 1. The van der Waals surface area contributed by atoms with Gasteiger partial charge in [0.15, 0.2) is 5.60 Å². The Kier molecular flexibility index (Phi) is 11.7. The Labute approximate surface area is 270 Å². The minimum absolute atomic E-state index is 0.0136. The number of cyclic esters (lactones) is 1. The van der Waals surface area contributed by atoms with Crippen LogP contribution < -0.4 is 0 Å². The van der Waals surface area contributed by atoms with Crippen LogP contribution in [0.3, 0.4) is 0 Å². The SMILES string of the molecule is CC[C@H]1OC(=O)[C@H](C)C(=O)[C@H](C)[C@@H](C(C)(C)C)[C@](C)(OC)C[C@@H](C)C(=O)[C@H](C)[C@H]2N(CCCCc3ccccc3)C(=O)O[C@]12C. The summed E-state index contributed by atoms with van der Waals surface area (Å²) in [5.74, 6) is -3.78. The maximum Gasteiger partial charge on any atom is 0.410 e. The number of unbranched alkanes of at least 4 members (excludes halogenated alkanes) is 1. The second-order valence-electron chi connectivity index (χ2n) is 15.0. The average Bonchev–Trinajstić information content (AvgIpc) is 3.24. The van der Waals surface area contributed by atoms with Crippen LogP contribution in [0.1, 0.15) is 100 Å². The highest BCUT2D eigenvalue weighted by Crippen LogP contribution is 2.47. The van der Waals surface area contributed by atoms with E-state index in [9.17, 15) is 19.2 Å². The normalized spacial score (nSPS) is 35.4. The van der Waals surface area contributed by atoms with Crippen LogP contribution in [0.15, 0.2) is 30.3 Å². The van der Waals surface area contributed by atoms with E-state index in [2.05, 4.69) is 32.9 Å². The van der Waals surface area contributed by atoms with Crippen LogP contribution in [0.25, 0.3) is 0 Å². The number of carbonyl (C=O) groups is 4. The molecule has 1 amide bonds. The molecule has 1 aromatic rings. The van der Waals surface area contributed by atoms with Crippen LogP contribution in [0.4, 0.5) is 4.79 Å². The quantitative estimate of drug-likeness (QED) is 0.181. The summed E-state index contributed by atoms with van der Waals surface area (Å²) >= 11 is 0. The molecule has 252 valence electrons. The first-order valence-electron chi connectivity index (χ1n) is 16.8. The zero-order chi connectivity index (χ0) is 33.9. The second-order valence-corrected chi connectivity index (χ2v) is 15.0. The van der Waals surface area contributed by atoms with Crippen molar-refractivity contribution in [2.45, 2.75) is 125 Å². The molecule has 2 fully saturated rings. The van der Waals surface area contributed by atoms with Crippen molar-refractivity contribution < 1.29 is 33.4 Å². The van der Waals surface area contributed by atoms with Gasteiger partial charge in [0.1, 0.15) is 23.6 Å². The summed E-state index contributed by atoms with van der Waals surface area (Å²) in [5, 5.41) is 0. The molecule has 3 rings (SSSR count). The van der Waals surface area contributed by atoms with E-state index >= 15 is 0 Å². The Hall–Kier alpha value is -2.74. The van der Waals surface area contributed by atoms with Gasteiger partial charge in [-0.25, -0.2) is 4.79 Å². The number of rotatable bonds is 7. The van der Waals surface area contributed by atoms with Gasteiger partial charge in [0.05, 0.1) is 11.6 Å². The predicted molar refractivity (Wildman–Crippen MR) is 175 cm³/mol. The molecule has 0 radical (unpaired) electrons. The molecular formula is C37H57NO7. The highest BCUT2D eigenvalue weighted by atomic mass is 16.6. The van der Waals surface area contributed by atoms with E-state index in [1.54, 1.807) is 25.9 Å². The number of esters is 1. The zero-order valence-corrected chi connectivity index (χ0v) is 29.5. The van der Waals surface area contributed by atoms with Gasteiger partial charge in [-0.3, -0.25) is 14.4 Å². The topological polar surface area (TPSA) is 99.2 Å². The number of amides is 1. The van der Waals surface area contributed by atoms with E-state index in [4.69, 9.17) is 14.2 Å². The van der Waals surface area contributed by atoms with Gasteiger partial charge in [0.25, 0.3) is 0 Å². The lowest BCUT2D eigenvalue weighted by molar-refractivity contribution is -0.174. The highest BCUT2D eigenvalue weighted by Gasteiger charge is 2.60. The van der Waals surface area contributed by atoms with Crippen molar-refractivity contribution in [3.05, 3.63) is 35.9 Å². The number of hydrogen-bond donors (Lipinski definition) is 0. The third kappa shape index (κ3) is 7.64. The summed E-state index contributed by atoms with van der Waals surface area (Å²) in [5.41, 5.74) is -1.27. The smallest absolute Gasteiger partial charge is 0.410 e. The minimum Gasteiger partial charge on any atom is -0.458 e. The van der Waals surface area contributed by atoms with Gasteiger partial charge in [-0.15, -0.1) is 0 Å². The molecule has 0 aliphatic carbocycles.